The van der Waals surface area contributed by atoms with Crippen molar-refractivity contribution in [2.75, 3.05) is 6.54 Å². The highest BCUT2D eigenvalue weighted by Crippen LogP contribution is 2.09. The van der Waals surface area contributed by atoms with Gasteiger partial charge in [0.1, 0.15) is 0 Å². The first-order valence-electron chi connectivity index (χ1n) is 3.43. The van der Waals surface area contributed by atoms with Crippen molar-refractivity contribution in [2.24, 2.45) is 0 Å². The van der Waals surface area contributed by atoms with Crippen LogP contribution < -0.4 is 0 Å². The van der Waals surface area contributed by atoms with Gasteiger partial charge >= 0.3 is 0 Å². The van der Waals surface area contributed by atoms with Crippen LogP contribution in [0.4, 0.5) is 0 Å². The molecule has 1 heterocycles. The summed E-state index contributed by atoms with van der Waals surface area (Å²) in [6.07, 6.45) is 6.92. The molecule has 0 bridgehead atoms. The SMILES string of the molecule is C=C/C=C/N1CCCC1=O. The third-order valence-corrected chi connectivity index (χ3v) is 1.51. The Bertz CT molecular complexity index is 172. The van der Waals surface area contributed by atoms with Gasteiger partial charge in [-0.15, -0.1) is 0 Å². The molecule has 0 saturated carbocycles. The van der Waals surface area contributed by atoms with Crippen molar-refractivity contribution in [1.29, 1.82) is 0 Å². The molecular weight excluding hydrogens is 126 g/mol. The number of carbonyl (C=O) groups is 1. The van der Waals surface area contributed by atoms with Gasteiger partial charge in [-0.2, -0.15) is 0 Å². The van der Waals surface area contributed by atoms with Crippen molar-refractivity contribution in [3.8, 4) is 0 Å². The third-order valence-electron chi connectivity index (χ3n) is 1.51. The summed E-state index contributed by atoms with van der Waals surface area (Å²) in [6, 6.07) is 0. The Balaban J connectivity index is 2.47. The van der Waals surface area contributed by atoms with Crippen LogP contribution in [0.1, 0.15) is 12.8 Å². The molecule has 1 rings (SSSR count). The molecule has 1 fully saturated rings. The van der Waals surface area contributed by atoms with Crippen molar-refractivity contribution in [1.82, 2.24) is 4.90 Å². The molecule has 1 aliphatic rings. The van der Waals surface area contributed by atoms with E-state index >= 15 is 0 Å². The van der Waals surface area contributed by atoms with Crippen LogP contribution in [-0.4, -0.2) is 17.4 Å². The fraction of sp³-hybridized carbons (Fsp3) is 0.375. The van der Waals surface area contributed by atoms with Crippen LogP contribution in [0.25, 0.3) is 0 Å². The van der Waals surface area contributed by atoms with Crippen LogP contribution in [0, 0.1) is 0 Å². The average molecular weight is 137 g/mol. The quantitative estimate of drug-likeness (QED) is 0.525. The number of carbonyl (C=O) groups excluding carboxylic acids is 1. The molecule has 1 amide bonds. The molecule has 10 heavy (non-hydrogen) atoms. The maximum Gasteiger partial charge on any atom is 0.226 e. The molecule has 0 atom stereocenters. The molecule has 0 spiro atoms. The molecule has 54 valence electrons. The lowest BCUT2D eigenvalue weighted by molar-refractivity contribution is -0.125. The van der Waals surface area contributed by atoms with Crippen LogP contribution >= 0.6 is 0 Å². The third kappa shape index (κ3) is 1.47. The molecule has 2 heteroatoms. The van der Waals surface area contributed by atoms with E-state index in [1.54, 1.807) is 23.3 Å². The zero-order valence-electron chi connectivity index (χ0n) is 5.92. The predicted molar refractivity (Wildman–Crippen MR) is 40.3 cm³/mol. The maximum absolute atomic E-state index is 10.9. The predicted octanol–water partition coefficient (Wildman–Crippen LogP) is 1.31. The van der Waals surface area contributed by atoms with Gasteiger partial charge in [0.05, 0.1) is 0 Å². The molecule has 0 N–H and O–H groups in total. The Morgan fingerprint density at radius 2 is 2.40 bits per heavy atom. The lowest BCUT2D eigenvalue weighted by atomic mass is 10.4. The average Bonchev–Trinajstić information content (AvgIpc) is 2.31. The van der Waals surface area contributed by atoms with Gasteiger partial charge in [0.25, 0.3) is 0 Å². The first-order chi connectivity index (χ1) is 4.84. The summed E-state index contributed by atoms with van der Waals surface area (Å²) in [5.41, 5.74) is 0. The van der Waals surface area contributed by atoms with Gasteiger partial charge in [-0.1, -0.05) is 12.7 Å². The van der Waals surface area contributed by atoms with E-state index in [-0.39, 0.29) is 5.91 Å². The summed E-state index contributed by atoms with van der Waals surface area (Å²) in [5.74, 6) is 0.220. The van der Waals surface area contributed by atoms with E-state index in [9.17, 15) is 4.79 Å². The molecular formula is C8H11NO. The van der Waals surface area contributed by atoms with Crippen LogP contribution in [0.3, 0.4) is 0 Å². The topological polar surface area (TPSA) is 20.3 Å². The van der Waals surface area contributed by atoms with E-state index in [2.05, 4.69) is 6.58 Å². The fourth-order valence-electron chi connectivity index (χ4n) is 0.991. The smallest absolute Gasteiger partial charge is 0.226 e. The van der Waals surface area contributed by atoms with Crippen molar-refractivity contribution >= 4 is 5.91 Å². The van der Waals surface area contributed by atoms with E-state index in [0.29, 0.717) is 6.42 Å². The Morgan fingerprint density at radius 1 is 1.60 bits per heavy atom. The molecule has 0 radical (unpaired) electrons. The molecule has 1 aliphatic heterocycles. The Kier molecular flexibility index (Phi) is 2.26. The lowest BCUT2D eigenvalue weighted by Gasteiger charge is -2.06. The van der Waals surface area contributed by atoms with Gasteiger partial charge in [-0.05, 0) is 12.5 Å². The van der Waals surface area contributed by atoms with E-state index in [1.807, 2.05) is 0 Å². The minimum Gasteiger partial charge on any atom is -0.319 e. The fourth-order valence-corrected chi connectivity index (χ4v) is 0.991. The van der Waals surface area contributed by atoms with Crippen molar-refractivity contribution < 1.29 is 4.79 Å². The van der Waals surface area contributed by atoms with E-state index in [0.717, 1.165) is 13.0 Å². The minimum absolute atomic E-state index is 0.220. The number of amides is 1. The second-order valence-electron chi connectivity index (χ2n) is 2.27. The van der Waals surface area contributed by atoms with Gasteiger partial charge in [0, 0.05) is 19.2 Å². The van der Waals surface area contributed by atoms with E-state index in [1.165, 1.54) is 0 Å². The van der Waals surface area contributed by atoms with Gasteiger partial charge in [0.15, 0.2) is 0 Å². The van der Waals surface area contributed by atoms with E-state index in [4.69, 9.17) is 0 Å². The minimum atomic E-state index is 0.220. The lowest BCUT2D eigenvalue weighted by Crippen LogP contribution is -2.16. The van der Waals surface area contributed by atoms with Crippen molar-refractivity contribution in [3.05, 3.63) is 24.9 Å². The highest BCUT2D eigenvalue weighted by molar-refractivity contribution is 5.79. The van der Waals surface area contributed by atoms with Gasteiger partial charge < -0.3 is 4.90 Å². The molecule has 0 aromatic rings. The first kappa shape index (κ1) is 7.06. The summed E-state index contributed by atoms with van der Waals surface area (Å²) in [4.78, 5) is 12.6. The number of hydrogen-bond donors (Lipinski definition) is 0. The highest BCUT2D eigenvalue weighted by atomic mass is 16.2. The van der Waals surface area contributed by atoms with Crippen LogP contribution in [0.5, 0.6) is 0 Å². The molecule has 0 aromatic heterocycles. The Labute approximate surface area is 60.8 Å². The van der Waals surface area contributed by atoms with Gasteiger partial charge in [-0.25, -0.2) is 0 Å². The maximum atomic E-state index is 10.9. The Morgan fingerprint density at radius 3 is 2.90 bits per heavy atom. The molecule has 0 aliphatic carbocycles. The monoisotopic (exact) mass is 137 g/mol. The molecule has 1 saturated heterocycles. The number of likely N-dealkylation sites (tertiary alicyclic amines) is 1. The van der Waals surface area contributed by atoms with Crippen molar-refractivity contribution in [3.63, 3.8) is 0 Å². The van der Waals surface area contributed by atoms with Crippen LogP contribution in [0.15, 0.2) is 24.9 Å². The zero-order valence-corrected chi connectivity index (χ0v) is 5.92. The standard InChI is InChI=1S/C8H11NO/c1-2-3-6-9-7-4-5-8(9)10/h2-3,6H,1,4-5,7H2/b6-3+. The second-order valence-corrected chi connectivity index (χ2v) is 2.27. The normalized spacial score (nSPS) is 18.8. The first-order valence-corrected chi connectivity index (χ1v) is 3.43. The number of nitrogens with zero attached hydrogens (tertiary/aromatic N) is 1. The van der Waals surface area contributed by atoms with Gasteiger partial charge in [-0.3, -0.25) is 4.79 Å². The molecule has 2 nitrogen and oxygen atoms in total. The van der Waals surface area contributed by atoms with Crippen LogP contribution in [-0.2, 0) is 4.79 Å². The molecule has 0 unspecified atom stereocenters. The summed E-state index contributed by atoms with van der Waals surface area (Å²) in [6.45, 7) is 4.39. The largest absolute Gasteiger partial charge is 0.319 e. The highest BCUT2D eigenvalue weighted by Gasteiger charge is 2.16. The summed E-state index contributed by atoms with van der Waals surface area (Å²) < 4.78 is 0. The number of rotatable bonds is 2. The summed E-state index contributed by atoms with van der Waals surface area (Å²) >= 11 is 0. The van der Waals surface area contributed by atoms with E-state index < -0.39 is 0 Å². The molecule has 0 aromatic carbocycles. The number of allylic oxidation sites excluding steroid dienone is 2. The number of hydrogen-bond acceptors (Lipinski definition) is 1. The summed E-state index contributed by atoms with van der Waals surface area (Å²) in [7, 11) is 0. The Hall–Kier alpha value is -1.05. The second kappa shape index (κ2) is 3.20. The van der Waals surface area contributed by atoms with Crippen LogP contribution in [0.2, 0.25) is 0 Å². The van der Waals surface area contributed by atoms with Gasteiger partial charge in [0.2, 0.25) is 5.91 Å². The zero-order chi connectivity index (χ0) is 7.40. The van der Waals surface area contributed by atoms with Crippen molar-refractivity contribution in [2.45, 2.75) is 12.8 Å². The summed E-state index contributed by atoms with van der Waals surface area (Å²) in [5, 5.41) is 0.